The summed E-state index contributed by atoms with van der Waals surface area (Å²) in [7, 11) is 3.23. The highest BCUT2D eigenvalue weighted by Gasteiger charge is 2.15. The van der Waals surface area contributed by atoms with Gasteiger partial charge in [-0.05, 0) is 46.3 Å². The van der Waals surface area contributed by atoms with Gasteiger partial charge in [-0.2, -0.15) is 0 Å². The number of hydrogen-bond donors (Lipinski definition) is 1. The predicted molar refractivity (Wildman–Crippen MR) is 79.6 cm³/mol. The van der Waals surface area contributed by atoms with E-state index in [9.17, 15) is 4.79 Å². The highest BCUT2D eigenvalue weighted by molar-refractivity contribution is 9.10. The van der Waals surface area contributed by atoms with Crippen LogP contribution in [0.4, 0.5) is 5.69 Å². The fourth-order valence-corrected chi connectivity index (χ4v) is 2.15. The van der Waals surface area contributed by atoms with Gasteiger partial charge in [-0.15, -0.1) is 0 Å². The third-order valence-corrected chi connectivity index (χ3v) is 3.28. The Kier molecular flexibility index (Phi) is 4.34. The highest BCUT2D eigenvalue weighted by atomic mass is 79.9. The van der Waals surface area contributed by atoms with Gasteiger partial charge in [-0.1, -0.05) is 0 Å². The van der Waals surface area contributed by atoms with Crippen molar-refractivity contribution in [3.05, 3.63) is 46.3 Å². The molecule has 0 bridgehead atoms. The summed E-state index contributed by atoms with van der Waals surface area (Å²) >= 11 is 3.23. The lowest BCUT2D eigenvalue weighted by molar-refractivity contribution is 0.0774. The molecule has 0 spiro atoms. The molecule has 0 aliphatic rings. The van der Waals surface area contributed by atoms with Crippen molar-refractivity contribution >= 4 is 27.5 Å². The van der Waals surface area contributed by atoms with Crippen molar-refractivity contribution in [2.75, 3.05) is 19.9 Å². The standard InChI is InChI=1S/C14H15BrN2O3/c1-17(8-10-4-6-13(15)20-10)14(18)9-3-5-11(16)12(7-9)19-2/h3-7H,8,16H2,1-2H3. The molecule has 6 heteroatoms. The van der Waals surface area contributed by atoms with Crippen LogP contribution in [0.1, 0.15) is 16.1 Å². The van der Waals surface area contributed by atoms with Crippen LogP contribution in [0.5, 0.6) is 5.75 Å². The van der Waals surface area contributed by atoms with Crippen molar-refractivity contribution in [1.29, 1.82) is 0 Å². The SMILES string of the molecule is COc1cc(C(=O)N(C)Cc2ccc(Br)o2)ccc1N. The number of carbonyl (C=O) groups is 1. The number of halogens is 1. The van der Waals surface area contributed by atoms with E-state index in [0.717, 1.165) is 0 Å². The number of nitrogens with two attached hydrogens (primary N) is 1. The molecule has 1 aromatic heterocycles. The van der Waals surface area contributed by atoms with Crippen LogP contribution < -0.4 is 10.5 Å². The summed E-state index contributed by atoms with van der Waals surface area (Å²) in [6.45, 7) is 0.386. The van der Waals surface area contributed by atoms with Gasteiger partial charge in [0, 0.05) is 12.6 Å². The zero-order valence-electron chi connectivity index (χ0n) is 11.2. The molecule has 106 valence electrons. The molecule has 2 rings (SSSR count). The van der Waals surface area contributed by atoms with Crippen molar-refractivity contribution in [3.8, 4) is 5.75 Å². The fourth-order valence-electron chi connectivity index (χ4n) is 1.81. The van der Waals surface area contributed by atoms with Gasteiger partial charge in [0.2, 0.25) is 0 Å². The second-order valence-corrected chi connectivity index (χ2v) is 5.11. The Balaban J connectivity index is 2.14. The van der Waals surface area contributed by atoms with Crippen LogP contribution in [0, 0.1) is 0 Å². The van der Waals surface area contributed by atoms with E-state index in [4.69, 9.17) is 14.9 Å². The molecule has 0 radical (unpaired) electrons. The van der Waals surface area contributed by atoms with E-state index in [1.807, 2.05) is 6.07 Å². The molecule has 0 aliphatic heterocycles. The van der Waals surface area contributed by atoms with Gasteiger partial charge in [-0.25, -0.2) is 0 Å². The molecular formula is C14H15BrN2O3. The smallest absolute Gasteiger partial charge is 0.254 e. The number of furan rings is 1. The van der Waals surface area contributed by atoms with Crippen molar-refractivity contribution in [2.24, 2.45) is 0 Å². The zero-order valence-corrected chi connectivity index (χ0v) is 12.8. The maximum atomic E-state index is 12.3. The summed E-state index contributed by atoms with van der Waals surface area (Å²) in [5.41, 5.74) is 6.75. The average Bonchev–Trinajstić information content (AvgIpc) is 2.83. The Labute approximate surface area is 125 Å². The summed E-state index contributed by atoms with van der Waals surface area (Å²) in [6, 6.07) is 8.57. The molecule has 20 heavy (non-hydrogen) atoms. The molecule has 0 aliphatic carbocycles. The second-order valence-electron chi connectivity index (χ2n) is 4.32. The topological polar surface area (TPSA) is 68.7 Å². The van der Waals surface area contributed by atoms with Gasteiger partial charge >= 0.3 is 0 Å². The fraction of sp³-hybridized carbons (Fsp3) is 0.214. The Morgan fingerprint density at radius 1 is 1.40 bits per heavy atom. The van der Waals surface area contributed by atoms with Crippen molar-refractivity contribution in [3.63, 3.8) is 0 Å². The molecule has 0 saturated carbocycles. The van der Waals surface area contributed by atoms with Gasteiger partial charge in [0.25, 0.3) is 5.91 Å². The van der Waals surface area contributed by atoms with Crippen LogP contribution in [-0.4, -0.2) is 25.0 Å². The summed E-state index contributed by atoms with van der Waals surface area (Å²) in [5.74, 6) is 1.07. The third-order valence-electron chi connectivity index (χ3n) is 2.85. The number of nitrogen functional groups attached to an aromatic ring is 1. The lowest BCUT2D eigenvalue weighted by Gasteiger charge is -2.16. The molecule has 1 amide bonds. The van der Waals surface area contributed by atoms with E-state index < -0.39 is 0 Å². The number of carbonyl (C=O) groups excluding carboxylic acids is 1. The lowest BCUT2D eigenvalue weighted by atomic mass is 10.1. The summed E-state index contributed by atoms with van der Waals surface area (Å²) < 4.78 is 11.1. The molecule has 2 aromatic rings. The first-order valence-electron chi connectivity index (χ1n) is 5.94. The van der Waals surface area contributed by atoms with E-state index in [1.165, 1.54) is 7.11 Å². The molecule has 1 aromatic carbocycles. The molecule has 0 fully saturated rings. The molecule has 5 nitrogen and oxygen atoms in total. The number of anilines is 1. The Hall–Kier alpha value is -1.95. The minimum atomic E-state index is -0.129. The van der Waals surface area contributed by atoms with Crippen LogP contribution in [0.3, 0.4) is 0 Å². The lowest BCUT2D eigenvalue weighted by Crippen LogP contribution is -2.26. The third kappa shape index (κ3) is 3.14. The number of rotatable bonds is 4. The van der Waals surface area contributed by atoms with Crippen molar-refractivity contribution < 1.29 is 13.9 Å². The van der Waals surface area contributed by atoms with E-state index >= 15 is 0 Å². The number of methoxy groups -OCH3 is 1. The molecule has 0 unspecified atom stereocenters. The monoisotopic (exact) mass is 338 g/mol. The number of benzene rings is 1. The minimum Gasteiger partial charge on any atom is -0.495 e. The first-order chi connectivity index (χ1) is 9.51. The number of nitrogens with zero attached hydrogens (tertiary/aromatic N) is 1. The summed E-state index contributed by atoms with van der Waals surface area (Å²) in [4.78, 5) is 13.9. The molecular weight excluding hydrogens is 324 g/mol. The van der Waals surface area contributed by atoms with Gasteiger partial charge in [0.05, 0.1) is 19.3 Å². The largest absolute Gasteiger partial charge is 0.495 e. The van der Waals surface area contributed by atoms with Crippen LogP contribution in [0.15, 0.2) is 39.4 Å². The van der Waals surface area contributed by atoms with Crippen molar-refractivity contribution in [2.45, 2.75) is 6.54 Å². The van der Waals surface area contributed by atoms with E-state index in [2.05, 4.69) is 15.9 Å². The van der Waals surface area contributed by atoms with Crippen molar-refractivity contribution in [1.82, 2.24) is 4.90 Å². The van der Waals surface area contributed by atoms with Crippen LogP contribution in [0.25, 0.3) is 0 Å². The highest BCUT2D eigenvalue weighted by Crippen LogP contribution is 2.23. The second kappa shape index (κ2) is 6.00. The Bertz CT molecular complexity index is 625. The zero-order chi connectivity index (χ0) is 14.7. The Morgan fingerprint density at radius 2 is 2.15 bits per heavy atom. The quantitative estimate of drug-likeness (QED) is 0.870. The number of hydrogen-bond acceptors (Lipinski definition) is 4. The first kappa shape index (κ1) is 14.5. The minimum absolute atomic E-state index is 0.129. The maximum Gasteiger partial charge on any atom is 0.254 e. The van der Waals surface area contributed by atoms with Gasteiger partial charge in [0.1, 0.15) is 11.5 Å². The predicted octanol–water partition coefficient (Wildman–Crippen LogP) is 2.91. The number of ether oxygens (including phenoxy) is 1. The van der Waals surface area contributed by atoms with Gasteiger partial charge in [0.15, 0.2) is 4.67 Å². The first-order valence-corrected chi connectivity index (χ1v) is 6.73. The van der Waals surface area contributed by atoms with Gasteiger partial charge < -0.3 is 19.8 Å². The van der Waals surface area contributed by atoms with Crippen LogP contribution in [-0.2, 0) is 6.54 Å². The molecule has 0 atom stereocenters. The normalized spacial score (nSPS) is 10.3. The van der Waals surface area contributed by atoms with Gasteiger partial charge in [-0.3, -0.25) is 4.79 Å². The maximum absolute atomic E-state index is 12.3. The van der Waals surface area contributed by atoms with E-state index in [-0.39, 0.29) is 5.91 Å². The summed E-state index contributed by atoms with van der Waals surface area (Å²) in [6.07, 6.45) is 0. The van der Waals surface area contributed by atoms with E-state index in [0.29, 0.717) is 34.0 Å². The summed E-state index contributed by atoms with van der Waals surface area (Å²) in [5, 5.41) is 0. The molecule has 2 N–H and O–H groups in total. The van der Waals surface area contributed by atoms with Crippen LogP contribution in [0.2, 0.25) is 0 Å². The molecule has 0 saturated heterocycles. The van der Waals surface area contributed by atoms with E-state index in [1.54, 1.807) is 36.2 Å². The number of amides is 1. The van der Waals surface area contributed by atoms with Crippen LogP contribution >= 0.6 is 15.9 Å². The Morgan fingerprint density at radius 3 is 2.75 bits per heavy atom. The molecule has 1 heterocycles. The average molecular weight is 339 g/mol.